The number of amides is 2. The second-order valence-electron chi connectivity index (χ2n) is 4.98. The summed E-state index contributed by atoms with van der Waals surface area (Å²) in [4.78, 5) is 15.9. The first-order chi connectivity index (χ1) is 11.2. The van der Waals surface area contributed by atoms with E-state index in [1.54, 1.807) is 23.3 Å². The Balaban J connectivity index is 1.58. The number of nitrogens with one attached hydrogen (secondary N) is 2. The van der Waals surface area contributed by atoms with Crippen LogP contribution in [-0.4, -0.2) is 26.0 Å². The molecule has 2 aromatic heterocycles. The van der Waals surface area contributed by atoms with Gasteiger partial charge in [-0.3, -0.25) is 4.98 Å². The number of pyridine rings is 1. The van der Waals surface area contributed by atoms with Crippen LogP contribution in [0.25, 0.3) is 5.69 Å². The molecule has 2 amide bonds. The zero-order valence-electron chi connectivity index (χ0n) is 12.6. The number of anilines is 1. The lowest BCUT2D eigenvalue weighted by molar-refractivity contribution is 0.251. The van der Waals surface area contributed by atoms with E-state index in [2.05, 4.69) is 25.9 Å². The minimum atomic E-state index is -0.280. The van der Waals surface area contributed by atoms with Gasteiger partial charge < -0.3 is 10.6 Å². The molecule has 0 unspecified atom stereocenters. The van der Waals surface area contributed by atoms with Crippen LogP contribution in [0.4, 0.5) is 10.5 Å². The minimum absolute atomic E-state index is 0.280. The number of aromatic nitrogens is 4. The Morgan fingerprint density at radius 2 is 1.96 bits per heavy atom. The molecule has 0 bridgehead atoms. The maximum Gasteiger partial charge on any atom is 0.319 e. The zero-order valence-corrected chi connectivity index (χ0v) is 12.6. The highest BCUT2D eigenvalue weighted by molar-refractivity contribution is 5.89. The van der Waals surface area contributed by atoms with Crippen LogP contribution < -0.4 is 10.6 Å². The SMILES string of the molecule is Cc1ccccc1NC(=O)NCc1cn(-c2ccncc2)nn1. The zero-order chi connectivity index (χ0) is 16.1. The summed E-state index contributed by atoms with van der Waals surface area (Å²) in [5, 5.41) is 13.6. The number of hydrogen-bond acceptors (Lipinski definition) is 4. The molecule has 3 rings (SSSR count). The summed E-state index contributed by atoms with van der Waals surface area (Å²) >= 11 is 0. The largest absolute Gasteiger partial charge is 0.332 e. The van der Waals surface area contributed by atoms with Gasteiger partial charge in [-0.2, -0.15) is 0 Å². The van der Waals surface area contributed by atoms with Gasteiger partial charge in [0.2, 0.25) is 0 Å². The normalized spacial score (nSPS) is 10.3. The lowest BCUT2D eigenvalue weighted by Crippen LogP contribution is -2.28. The molecular formula is C16H16N6O. The Hall–Kier alpha value is -3.22. The summed E-state index contributed by atoms with van der Waals surface area (Å²) < 4.78 is 1.64. The average Bonchev–Trinajstić information content (AvgIpc) is 3.05. The van der Waals surface area contributed by atoms with Gasteiger partial charge in [0, 0.05) is 18.1 Å². The van der Waals surface area contributed by atoms with Crippen molar-refractivity contribution in [1.82, 2.24) is 25.3 Å². The van der Waals surface area contributed by atoms with Gasteiger partial charge in [0.1, 0.15) is 5.69 Å². The minimum Gasteiger partial charge on any atom is -0.332 e. The molecule has 3 aromatic rings. The van der Waals surface area contributed by atoms with E-state index in [4.69, 9.17) is 0 Å². The fourth-order valence-electron chi connectivity index (χ4n) is 2.05. The van der Waals surface area contributed by atoms with Gasteiger partial charge in [-0.25, -0.2) is 9.48 Å². The van der Waals surface area contributed by atoms with Gasteiger partial charge in [-0.05, 0) is 30.7 Å². The summed E-state index contributed by atoms with van der Waals surface area (Å²) in [6.45, 7) is 2.23. The van der Waals surface area contributed by atoms with E-state index < -0.39 is 0 Å². The fourth-order valence-corrected chi connectivity index (χ4v) is 2.05. The number of carbonyl (C=O) groups excluding carboxylic acids is 1. The van der Waals surface area contributed by atoms with Crippen molar-refractivity contribution in [3.05, 3.63) is 66.2 Å². The van der Waals surface area contributed by atoms with Crippen LogP contribution >= 0.6 is 0 Å². The van der Waals surface area contributed by atoms with Gasteiger partial charge in [0.25, 0.3) is 0 Å². The smallest absolute Gasteiger partial charge is 0.319 e. The van der Waals surface area contributed by atoms with Crippen molar-refractivity contribution in [2.75, 3.05) is 5.32 Å². The number of para-hydroxylation sites is 1. The number of urea groups is 1. The molecule has 2 heterocycles. The molecule has 0 spiro atoms. The van der Waals surface area contributed by atoms with Gasteiger partial charge in [0.05, 0.1) is 18.4 Å². The summed E-state index contributed by atoms with van der Waals surface area (Å²) in [7, 11) is 0. The van der Waals surface area contributed by atoms with Crippen molar-refractivity contribution in [3.63, 3.8) is 0 Å². The molecule has 116 valence electrons. The van der Waals surface area contributed by atoms with E-state index in [0.29, 0.717) is 12.2 Å². The maximum atomic E-state index is 11.9. The van der Waals surface area contributed by atoms with Crippen molar-refractivity contribution in [3.8, 4) is 5.69 Å². The predicted molar refractivity (Wildman–Crippen MR) is 86.2 cm³/mol. The topological polar surface area (TPSA) is 84.7 Å². The maximum absolute atomic E-state index is 11.9. The summed E-state index contributed by atoms with van der Waals surface area (Å²) in [6, 6.07) is 11.0. The molecular weight excluding hydrogens is 292 g/mol. The molecule has 23 heavy (non-hydrogen) atoms. The van der Waals surface area contributed by atoms with Crippen LogP contribution in [0.5, 0.6) is 0 Å². The quantitative estimate of drug-likeness (QED) is 0.774. The standard InChI is InChI=1S/C16H16N6O/c1-12-4-2-3-5-15(12)19-16(23)18-10-13-11-22(21-20-13)14-6-8-17-9-7-14/h2-9,11H,10H2,1H3,(H2,18,19,23). The van der Waals surface area contributed by atoms with Crippen molar-refractivity contribution in [1.29, 1.82) is 0 Å². The van der Waals surface area contributed by atoms with E-state index in [1.165, 1.54) is 0 Å². The molecule has 1 aromatic carbocycles. The fraction of sp³-hybridized carbons (Fsp3) is 0.125. The van der Waals surface area contributed by atoms with E-state index in [-0.39, 0.29) is 6.03 Å². The third-order valence-electron chi connectivity index (χ3n) is 3.29. The van der Waals surface area contributed by atoms with Crippen molar-refractivity contribution >= 4 is 11.7 Å². The first kappa shape index (κ1) is 14.7. The van der Waals surface area contributed by atoms with E-state index in [1.807, 2.05) is 43.3 Å². The molecule has 0 aliphatic carbocycles. The summed E-state index contributed by atoms with van der Waals surface area (Å²) in [5.74, 6) is 0. The first-order valence-electron chi connectivity index (χ1n) is 7.14. The third kappa shape index (κ3) is 3.70. The molecule has 7 heteroatoms. The van der Waals surface area contributed by atoms with Crippen LogP contribution in [0.1, 0.15) is 11.3 Å². The molecule has 0 radical (unpaired) electrons. The molecule has 0 saturated heterocycles. The van der Waals surface area contributed by atoms with Gasteiger partial charge in [-0.1, -0.05) is 23.4 Å². The molecule has 2 N–H and O–H groups in total. The van der Waals surface area contributed by atoms with E-state index in [0.717, 1.165) is 16.9 Å². The lowest BCUT2D eigenvalue weighted by atomic mass is 10.2. The Labute approximate surface area is 133 Å². The molecule has 0 saturated carbocycles. The van der Waals surface area contributed by atoms with E-state index >= 15 is 0 Å². The number of rotatable bonds is 4. The second-order valence-corrected chi connectivity index (χ2v) is 4.98. The number of nitrogens with zero attached hydrogens (tertiary/aromatic N) is 4. The second kappa shape index (κ2) is 6.69. The summed E-state index contributed by atoms with van der Waals surface area (Å²) in [5.41, 5.74) is 3.32. The molecule has 0 aliphatic rings. The van der Waals surface area contributed by atoms with Gasteiger partial charge >= 0.3 is 6.03 Å². The van der Waals surface area contributed by atoms with Gasteiger partial charge in [-0.15, -0.1) is 5.10 Å². The van der Waals surface area contributed by atoms with Crippen molar-refractivity contribution in [2.24, 2.45) is 0 Å². The van der Waals surface area contributed by atoms with E-state index in [9.17, 15) is 4.79 Å². The van der Waals surface area contributed by atoms with Crippen LogP contribution in [0.3, 0.4) is 0 Å². The highest BCUT2D eigenvalue weighted by Crippen LogP contribution is 2.12. The van der Waals surface area contributed by atoms with Crippen molar-refractivity contribution < 1.29 is 4.79 Å². The molecule has 0 atom stereocenters. The van der Waals surface area contributed by atoms with Crippen LogP contribution in [0.15, 0.2) is 55.0 Å². The Bertz CT molecular complexity index is 799. The Morgan fingerprint density at radius 3 is 2.74 bits per heavy atom. The van der Waals surface area contributed by atoms with Crippen LogP contribution in [-0.2, 0) is 6.54 Å². The van der Waals surface area contributed by atoms with Crippen LogP contribution in [0.2, 0.25) is 0 Å². The van der Waals surface area contributed by atoms with Gasteiger partial charge in [0.15, 0.2) is 0 Å². The lowest BCUT2D eigenvalue weighted by Gasteiger charge is -2.08. The molecule has 0 aliphatic heterocycles. The highest BCUT2D eigenvalue weighted by Gasteiger charge is 2.06. The molecule has 0 fully saturated rings. The summed E-state index contributed by atoms with van der Waals surface area (Å²) in [6.07, 6.45) is 5.14. The third-order valence-corrected chi connectivity index (χ3v) is 3.29. The number of benzene rings is 1. The Morgan fingerprint density at radius 1 is 1.17 bits per heavy atom. The van der Waals surface area contributed by atoms with Crippen LogP contribution in [0, 0.1) is 6.92 Å². The number of hydrogen-bond donors (Lipinski definition) is 2. The Kier molecular flexibility index (Phi) is 4.28. The average molecular weight is 308 g/mol. The van der Waals surface area contributed by atoms with Crippen molar-refractivity contribution in [2.45, 2.75) is 13.5 Å². The molecule has 7 nitrogen and oxygen atoms in total. The highest BCUT2D eigenvalue weighted by atomic mass is 16.2. The first-order valence-corrected chi connectivity index (χ1v) is 7.14. The monoisotopic (exact) mass is 308 g/mol. The number of carbonyl (C=O) groups is 1. The number of aryl methyl sites for hydroxylation is 1. The predicted octanol–water partition coefficient (Wildman–Crippen LogP) is 2.29.